The van der Waals surface area contributed by atoms with Crippen LogP contribution in [0.5, 0.6) is 0 Å². The van der Waals surface area contributed by atoms with Crippen molar-refractivity contribution in [2.75, 3.05) is 13.2 Å². The van der Waals surface area contributed by atoms with Crippen LogP contribution in [-0.4, -0.2) is 24.4 Å². The molecule has 0 spiro atoms. The highest BCUT2D eigenvalue weighted by atomic mass is 19.1. The van der Waals surface area contributed by atoms with Crippen LogP contribution in [0.2, 0.25) is 0 Å². The van der Waals surface area contributed by atoms with Crippen molar-refractivity contribution in [2.24, 2.45) is 0 Å². The van der Waals surface area contributed by atoms with Crippen molar-refractivity contribution in [3.05, 3.63) is 107 Å². The molecule has 3 aromatic carbocycles. The molecule has 0 aliphatic rings. The summed E-state index contributed by atoms with van der Waals surface area (Å²) in [4.78, 5) is 0. The first kappa shape index (κ1) is 19.2. The van der Waals surface area contributed by atoms with Crippen LogP contribution in [0.4, 0.5) is 4.39 Å². The predicted molar refractivity (Wildman–Crippen MR) is 105 cm³/mol. The van der Waals surface area contributed by atoms with Crippen molar-refractivity contribution >= 4 is 0 Å². The minimum Gasteiger partial charge on any atom is -0.389 e. The molecule has 0 fully saturated rings. The Morgan fingerprint density at radius 3 is 1.96 bits per heavy atom. The summed E-state index contributed by atoms with van der Waals surface area (Å²) in [5.74, 6) is -0.293. The van der Waals surface area contributed by atoms with Crippen LogP contribution >= 0.6 is 0 Å². The lowest BCUT2D eigenvalue weighted by atomic mass is 9.98. The van der Waals surface area contributed by atoms with Crippen LogP contribution in [0.25, 0.3) is 0 Å². The molecule has 0 aliphatic heterocycles. The summed E-state index contributed by atoms with van der Waals surface area (Å²) < 4.78 is 19.1. The topological polar surface area (TPSA) is 41.5 Å². The first-order valence-electron chi connectivity index (χ1n) is 9.06. The number of nitrogens with one attached hydrogen (secondary N) is 1. The van der Waals surface area contributed by atoms with Gasteiger partial charge in [0.1, 0.15) is 5.82 Å². The summed E-state index contributed by atoms with van der Waals surface area (Å²) in [6.45, 7) is 0.647. The van der Waals surface area contributed by atoms with E-state index in [2.05, 4.69) is 29.6 Å². The van der Waals surface area contributed by atoms with E-state index in [4.69, 9.17) is 4.74 Å². The van der Waals surface area contributed by atoms with Gasteiger partial charge in [0.05, 0.1) is 25.4 Å². The maximum absolute atomic E-state index is 13.6. The molecule has 2 N–H and O–H groups in total. The van der Waals surface area contributed by atoms with Gasteiger partial charge in [-0.25, -0.2) is 4.39 Å². The number of aliphatic hydroxyl groups is 1. The van der Waals surface area contributed by atoms with Gasteiger partial charge < -0.3 is 15.2 Å². The summed E-state index contributed by atoms with van der Waals surface area (Å²) in [5, 5.41) is 13.7. The highest BCUT2D eigenvalue weighted by molar-refractivity contribution is 5.31. The number of halogens is 1. The molecule has 0 aromatic heterocycles. The first-order valence-corrected chi connectivity index (χ1v) is 9.06. The number of rotatable bonds is 9. The van der Waals surface area contributed by atoms with Crippen molar-refractivity contribution in [1.29, 1.82) is 0 Å². The van der Waals surface area contributed by atoms with Crippen molar-refractivity contribution in [2.45, 2.75) is 18.8 Å². The zero-order valence-corrected chi connectivity index (χ0v) is 15.1. The predicted octanol–water partition coefficient (Wildman–Crippen LogP) is 4.08. The molecular formula is C23H24FNO2. The van der Waals surface area contributed by atoms with E-state index >= 15 is 0 Å². The molecule has 0 amide bonds. The normalized spacial score (nSPS) is 12.3. The highest BCUT2D eigenvalue weighted by Gasteiger charge is 2.15. The first-order chi connectivity index (χ1) is 13.2. The van der Waals surface area contributed by atoms with Crippen molar-refractivity contribution < 1.29 is 14.2 Å². The maximum atomic E-state index is 13.6. The fraction of sp³-hybridized carbons (Fsp3) is 0.217. The maximum Gasteiger partial charge on any atom is 0.128 e. The zero-order valence-electron chi connectivity index (χ0n) is 15.1. The molecule has 0 aliphatic carbocycles. The molecule has 3 rings (SSSR count). The Hall–Kier alpha value is -2.53. The van der Waals surface area contributed by atoms with Crippen molar-refractivity contribution in [3.63, 3.8) is 0 Å². The molecular weight excluding hydrogens is 341 g/mol. The molecule has 0 saturated carbocycles. The lowest BCUT2D eigenvalue weighted by Gasteiger charge is -2.22. The van der Waals surface area contributed by atoms with Crippen LogP contribution in [-0.2, 0) is 11.3 Å². The third-order valence-corrected chi connectivity index (χ3v) is 4.35. The summed E-state index contributed by atoms with van der Waals surface area (Å²) in [7, 11) is 0. The molecule has 0 radical (unpaired) electrons. The van der Waals surface area contributed by atoms with E-state index in [9.17, 15) is 9.50 Å². The molecule has 1 atom stereocenters. The molecule has 27 heavy (non-hydrogen) atoms. The standard InChI is InChI=1S/C23H24FNO2/c24-22-14-8-7-13-20(22)16-27-17-21(26)15-25-23(18-9-3-1-4-10-18)19-11-5-2-6-12-19/h1-14,21,23,25-26H,15-17H2. The van der Waals surface area contributed by atoms with Crippen LogP contribution in [0.3, 0.4) is 0 Å². The molecule has 1 unspecified atom stereocenters. The van der Waals surface area contributed by atoms with Gasteiger partial charge in [-0.1, -0.05) is 78.9 Å². The lowest BCUT2D eigenvalue weighted by Crippen LogP contribution is -2.33. The average Bonchev–Trinajstić information content (AvgIpc) is 2.71. The minimum absolute atomic E-state index is 0.0198. The monoisotopic (exact) mass is 365 g/mol. The Balaban J connectivity index is 1.55. The Labute approximate surface area is 159 Å². The zero-order chi connectivity index (χ0) is 18.9. The fourth-order valence-electron chi connectivity index (χ4n) is 2.95. The van der Waals surface area contributed by atoms with Gasteiger partial charge in [0.25, 0.3) is 0 Å². The second-order valence-corrected chi connectivity index (χ2v) is 6.42. The van der Waals surface area contributed by atoms with Crippen molar-refractivity contribution in [3.8, 4) is 0 Å². The van der Waals surface area contributed by atoms with Gasteiger partial charge in [0.15, 0.2) is 0 Å². The highest BCUT2D eigenvalue weighted by Crippen LogP contribution is 2.21. The smallest absolute Gasteiger partial charge is 0.128 e. The molecule has 3 nitrogen and oxygen atoms in total. The summed E-state index contributed by atoms with van der Waals surface area (Å²) in [6, 6.07) is 26.7. The van der Waals surface area contributed by atoms with E-state index < -0.39 is 6.10 Å². The van der Waals surface area contributed by atoms with E-state index in [0.717, 1.165) is 11.1 Å². The Kier molecular flexibility index (Phi) is 7.11. The summed E-state index contributed by atoms with van der Waals surface area (Å²) in [5.41, 5.74) is 2.75. The minimum atomic E-state index is -0.688. The van der Waals surface area contributed by atoms with Gasteiger partial charge in [-0.05, 0) is 17.2 Å². The molecule has 140 valence electrons. The van der Waals surface area contributed by atoms with Crippen molar-refractivity contribution in [1.82, 2.24) is 5.32 Å². The quantitative estimate of drug-likeness (QED) is 0.600. The van der Waals surface area contributed by atoms with Gasteiger partial charge in [-0.3, -0.25) is 0 Å². The van der Waals surface area contributed by atoms with E-state index in [1.807, 2.05) is 36.4 Å². The largest absolute Gasteiger partial charge is 0.389 e. The summed E-state index contributed by atoms with van der Waals surface area (Å²) >= 11 is 0. The number of aliphatic hydroxyl groups excluding tert-OH is 1. The number of benzene rings is 3. The molecule has 0 heterocycles. The van der Waals surface area contributed by atoms with E-state index in [1.165, 1.54) is 6.07 Å². The van der Waals surface area contributed by atoms with Gasteiger partial charge in [-0.15, -0.1) is 0 Å². The number of hydrogen-bond donors (Lipinski definition) is 2. The Morgan fingerprint density at radius 2 is 1.37 bits per heavy atom. The number of ether oxygens (including phenoxy) is 1. The van der Waals surface area contributed by atoms with Gasteiger partial charge >= 0.3 is 0 Å². The van der Waals surface area contributed by atoms with E-state index in [-0.39, 0.29) is 25.1 Å². The molecule has 3 aromatic rings. The second kappa shape index (κ2) is 9.97. The van der Waals surface area contributed by atoms with Gasteiger partial charge in [-0.2, -0.15) is 0 Å². The van der Waals surface area contributed by atoms with Gasteiger partial charge in [0, 0.05) is 12.1 Å². The SMILES string of the molecule is OC(CNC(c1ccccc1)c1ccccc1)COCc1ccccc1F. The second-order valence-electron chi connectivity index (χ2n) is 6.42. The third-order valence-electron chi connectivity index (χ3n) is 4.35. The Morgan fingerprint density at radius 1 is 0.815 bits per heavy atom. The van der Waals surface area contributed by atoms with Crippen LogP contribution in [0.1, 0.15) is 22.7 Å². The van der Waals surface area contributed by atoms with Crippen LogP contribution in [0.15, 0.2) is 84.9 Å². The Bertz CT molecular complexity index is 771. The number of hydrogen-bond acceptors (Lipinski definition) is 3. The average molecular weight is 365 g/mol. The fourth-order valence-corrected chi connectivity index (χ4v) is 2.95. The van der Waals surface area contributed by atoms with E-state index in [0.29, 0.717) is 12.1 Å². The van der Waals surface area contributed by atoms with Gasteiger partial charge in [0.2, 0.25) is 0 Å². The molecule has 0 bridgehead atoms. The van der Waals surface area contributed by atoms with Crippen LogP contribution < -0.4 is 5.32 Å². The molecule has 0 saturated heterocycles. The van der Waals surface area contributed by atoms with Crippen LogP contribution in [0, 0.1) is 5.82 Å². The molecule has 4 heteroatoms. The van der Waals surface area contributed by atoms with E-state index in [1.54, 1.807) is 18.2 Å². The lowest BCUT2D eigenvalue weighted by molar-refractivity contribution is 0.0271. The third kappa shape index (κ3) is 5.73. The summed E-state index contributed by atoms with van der Waals surface area (Å²) in [6.07, 6.45) is -0.688.